The number of benzene rings is 1. The molecule has 1 aliphatic rings. The van der Waals surface area contributed by atoms with Gasteiger partial charge in [0, 0.05) is 18.1 Å². The molecule has 0 aliphatic heterocycles. The Morgan fingerprint density at radius 3 is 2.00 bits per heavy atom. The zero-order valence-corrected chi connectivity index (χ0v) is 14.2. The normalized spacial score (nSPS) is 19.1. The molecule has 1 aromatic carbocycles. The van der Waals surface area contributed by atoms with Crippen molar-refractivity contribution in [3.63, 3.8) is 0 Å². The lowest BCUT2D eigenvalue weighted by Crippen LogP contribution is -2.39. The molecule has 0 heterocycles. The maximum absolute atomic E-state index is 14.4. The van der Waals surface area contributed by atoms with Crippen LogP contribution in [0.1, 0.15) is 37.7 Å². The lowest BCUT2D eigenvalue weighted by Gasteiger charge is -2.34. The molecule has 0 aromatic heterocycles. The zero-order chi connectivity index (χ0) is 16.8. The molecule has 5 nitrogen and oxygen atoms in total. The van der Waals surface area contributed by atoms with Crippen LogP contribution in [0.3, 0.4) is 0 Å². The smallest absolute Gasteiger partial charge is 0.179 e. The first kappa shape index (κ1) is 17.4. The summed E-state index contributed by atoms with van der Waals surface area (Å²) in [7, 11) is -7.91. The van der Waals surface area contributed by atoms with Crippen molar-refractivity contribution >= 4 is 19.7 Å². The SMILES string of the molecule is CS(=O)(=O)c1cc(C2(N)CCCCC2)cc(F)c1S(C)(=O)=O. The van der Waals surface area contributed by atoms with Crippen molar-refractivity contribution in [1.29, 1.82) is 0 Å². The molecule has 8 heteroatoms. The van der Waals surface area contributed by atoms with Crippen LogP contribution >= 0.6 is 0 Å². The molecule has 0 bridgehead atoms. The fraction of sp³-hybridized carbons (Fsp3) is 0.571. The Bertz CT molecular complexity index is 794. The predicted octanol–water partition coefficient (Wildman–Crippen LogP) is 1.75. The van der Waals surface area contributed by atoms with E-state index < -0.39 is 40.8 Å². The number of nitrogens with two attached hydrogens (primary N) is 1. The van der Waals surface area contributed by atoms with Crippen molar-refractivity contribution in [2.24, 2.45) is 5.73 Å². The van der Waals surface area contributed by atoms with Crippen molar-refractivity contribution in [3.05, 3.63) is 23.5 Å². The summed E-state index contributed by atoms with van der Waals surface area (Å²) in [5, 5.41) is 0. The highest BCUT2D eigenvalue weighted by molar-refractivity contribution is 7.93. The maximum atomic E-state index is 14.4. The molecule has 1 saturated carbocycles. The first-order chi connectivity index (χ1) is 9.95. The van der Waals surface area contributed by atoms with Gasteiger partial charge in [-0.1, -0.05) is 19.3 Å². The summed E-state index contributed by atoms with van der Waals surface area (Å²) < 4.78 is 61.7. The van der Waals surface area contributed by atoms with Crippen LogP contribution in [0.25, 0.3) is 0 Å². The summed E-state index contributed by atoms with van der Waals surface area (Å²) >= 11 is 0. The van der Waals surface area contributed by atoms with Crippen LogP contribution in [-0.2, 0) is 25.2 Å². The van der Waals surface area contributed by atoms with Gasteiger partial charge >= 0.3 is 0 Å². The summed E-state index contributed by atoms with van der Waals surface area (Å²) in [5.74, 6) is -1.06. The molecule has 1 fully saturated rings. The summed E-state index contributed by atoms with van der Waals surface area (Å²) in [4.78, 5) is -1.29. The van der Waals surface area contributed by atoms with Crippen LogP contribution in [-0.4, -0.2) is 29.3 Å². The highest BCUT2D eigenvalue weighted by Gasteiger charge is 2.34. The standard InChI is InChI=1S/C14H20FNO4S2/c1-21(17,18)12-9-10(14(16)6-4-3-5-7-14)8-11(15)13(12)22(2,19)20/h8-9H,3-7,16H2,1-2H3. The van der Waals surface area contributed by atoms with Gasteiger partial charge in [0.2, 0.25) is 0 Å². The molecule has 1 aromatic rings. The molecule has 0 radical (unpaired) electrons. The van der Waals surface area contributed by atoms with Crippen molar-refractivity contribution < 1.29 is 21.2 Å². The van der Waals surface area contributed by atoms with E-state index in [-0.39, 0.29) is 0 Å². The molecule has 0 spiro atoms. The van der Waals surface area contributed by atoms with Crippen LogP contribution in [0.5, 0.6) is 0 Å². The molecule has 0 atom stereocenters. The summed E-state index contributed by atoms with van der Waals surface area (Å²) in [6.07, 6.45) is 5.67. The zero-order valence-electron chi connectivity index (χ0n) is 12.6. The predicted molar refractivity (Wildman–Crippen MR) is 81.6 cm³/mol. The average molecular weight is 349 g/mol. The third kappa shape index (κ3) is 3.33. The summed E-state index contributed by atoms with van der Waals surface area (Å²) in [5.41, 5.74) is 5.84. The van der Waals surface area contributed by atoms with E-state index in [4.69, 9.17) is 5.73 Å². The second-order valence-electron chi connectivity index (χ2n) is 6.05. The van der Waals surface area contributed by atoms with Crippen molar-refractivity contribution in [2.75, 3.05) is 12.5 Å². The Kier molecular flexibility index (Phi) is 4.40. The minimum Gasteiger partial charge on any atom is -0.321 e. The molecule has 2 rings (SSSR count). The highest BCUT2D eigenvalue weighted by Crippen LogP contribution is 2.37. The fourth-order valence-electron chi connectivity index (χ4n) is 2.96. The van der Waals surface area contributed by atoms with Crippen LogP contribution in [0.15, 0.2) is 21.9 Å². The van der Waals surface area contributed by atoms with Gasteiger partial charge in [-0.25, -0.2) is 21.2 Å². The first-order valence-electron chi connectivity index (χ1n) is 6.98. The molecular formula is C14H20FNO4S2. The Labute approximate surface area is 130 Å². The molecule has 124 valence electrons. The van der Waals surface area contributed by atoms with E-state index in [1.807, 2.05) is 0 Å². The molecule has 2 N–H and O–H groups in total. The van der Waals surface area contributed by atoms with E-state index in [0.717, 1.165) is 37.8 Å². The van der Waals surface area contributed by atoms with Gasteiger partial charge in [-0.15, -0.1) is 0 Å². The van der Waals surface area contributed by atoms with E-state index in [1.54, 1.807) is 0 Å². The van der Waals surface area contributed by atoms with Gasteiger partial charge in [0.25, 0.3) is 0 Å². The monoisotopic (exact) mass is 349 g/mol. The first-order valence-corrected chi connectivity index (χ1v) is 10.8. The van der Waals surface area contributed by atoms with E-state index in [0.29, 0.717) is 18.4 Å². The Morgan fingerprint density at radius 2 is 1.55 bits per heavy atom. The van der Waals surface area contributed by atoms with Crippen molar-refractivity contribution in [1.82, 2.24) is 0 Å². The van der Waals surface area contributed by atoms with Gasteiger partial charge in [0.15, 0.2) is 19.7 Å². The third-order valence-electron chi connectivity index (χ3n) is 4.10. The minimum atomic E-state index is -4.01. The van der Waals surface area contributed by atoms with E-state index in [2.05, 4.69) is 0 Å². The van der Waals surface area contributed by atoms with Crippen LogP contribution < -0.4 is 5.73 Å². The minimum absolute atomic E-state index is 0.345. The van der Waals surface area contributed by atoms with E-state index >= 15 is 0 Å². The van der Waals surface area contributed by atoms with E-state index in [9.17, 15) is 21.2 Å². The lowest BCUT2D eigenvalue weighted by molar-refractivity contribution is 0.300. The van der Waals surface area contributed by atoms with Gasteiger partial charge in [-0.2, -0.15) is 0 Å². The average Bonchev–Trinajstić information content (AvgIpc) is 2.36. The fourth-order valence-corrected chi connectivity index (χ4v) is 5.48. The second kappa shape index (κ2) is 5.58. The van der Waals surface area contributed by atoms with Crippen LogP contribution in [0.2, 0.25) is 0 Å². The molecule has 0 unspecified atom stereocenters. The molecule has 0 amide bonds. The lowest BCUT2D eigenvalue weighted by atomic mass is 9.77. The van der Waals surface area contributed by atoms with Gasteiger partial charge in [-0.05, 0) is 30.5 Å². The Balaban J connectivity index is 2.74. The molecule has 1 aliphatic carbocycles. The van der Waals surface area contributed by atoms with Gasteiger partial charge in [0.1, 0.15) is 10.7 Å². The second-order valence-corrected chi connectivity index (χ2v) is 9.98. The molecule has 0 saturated heterocycles. The number of hydrogen-bond acceptors (Lipinski definition) is 5. The Morgan fingerprint density at radius 1 is 1.00 bits per heavy atom. The number of hydrogen-bond donors (Lipinski definition) is 1. The molecule has 22 heavy (non-hydrogen) atoms. The van der Waals surface area contributed by atoms with Crippen LogP contribution in [0.4, 0.5) is 4.39 Å². The topological polar surface area (TPSA) is 94.3 Å². The Hall–Kier alpha value is -0.990. The number of halogens is 1. The number of rotatable bonds is 3. The largest absolute Gasteiger partial charge is 0.321 e. The third-order valence-corrected chi connectivity index (χ3v) is 6.51. The van der Waals surface area contributed by atoms with Gasteiger partial charge in [-0.3, -0.25) is 0 Å². The van der Waals surface area contributed by atoms with Crippen LogP contribution in [0, 0.1) is 5.82 Å². The molecular weight excluding hydrogens is 329 g/mol. The highest BCUT2D eigenvalue weighted by atomic mass is 32.2. The van der Waals surface area contributed by atoms with Gasteiger partial charge in [0.05, 0.1) is 4.90 Å². The maximum Gasteiger partial charge on any atom is 0.179 e. The van der Waals surface area contributed by atoms with Gasteiger partial charge < -0.3 is 5.73 Å². The van der Waals surface area contributed by atoms with Crippen molar-refractivity contribution in [3.8, 4) is 0 Å². The van der Waals surface area contributed by atoms with E-state index in [1.165, 1.54) is 6.07 Å². The van der Waals surface area contributed by atoms with Crippen molar-refractivity contribution in [2.45, 2.75) is 47.4 Å². The quantitative estimate of drug-likeness (QED) is 0.897. The summed E-state index contributed by atoms with van der Waals surface area (Å²) in [6, 6.07) is 2.29. The number of sulfone groups is 2. The summed E-state index contributed by atoms with van der Waals surface area (Å²) in [6.45, 7) is 0.